The number of anilines is 1. The summed E-state index contributed by atoms with van der Waals surface area (Å²) in [5, 5.41) is 2.92. The molecule has 1 amide bonds. The highest BCUT2D eigenvalue weighted by molar-refractivity contribution is 7.91. The Kier molecular flexibility index (Phi) is 5.05. The molecule has 2 fully saturated rings. The molecule has 1 aromatic heterocycles. The summed E-state index contributed by atoms with van der Waals surface area (Å²) in [7, 11) is -2.96. The van der Waals surface area contributed by atoms with Gasteiger partial charge in [-0.05, 0) is 19.4 Å². The summed E-state index contributed by atoms with van der Waals surface area (Å²) in [5.41, 5.74) is 0. The van der Waals surface area contributed by atoms with Gasteiger partial charge in [-0.2, -0.15) is 0 Å². The molecule has 0 aromatic carbocycles. The molecular formula is C16H26N4O3S+2. The number of H-pyrrole nitrogens is 1. The van der Waals surface area contributed by atoms with Gasteiger partial charge in [-0.15, -0.1) is 0 Å². The second-order valence-electron chi connectivity index (χ2n) is 6.72. The molecule has 7 nitrogen and oxygen atoms in total. The molecule has 0 aliphatic carbocycles. The number of carbonyl (C=O) groups excluding carboxylic acids is 1. The topological polar surface area (TPSA) is 85.1 Å². The van der Waals surface area contributed by atoms with Gasteiger partial charge < -0.3 is 10.2 Å². The van der Waals surface area contributed by atoms with Crippen molar-refractivity contribution in [3.05, 3.63) is 24.4 Å². The van der Waals surface area contributed by atoms with E-state index in [4.69, 9.17) is 0 Å². The molecule has 2 aliphatic rings. The zero-order valence-corrected chi connectivity index (χ0v) is 14.8. The van der Waals surface area contributed by atoms with Crippen LogP contribution in [0.3, 0.4) is 0 Å². The van der Waals surface area contributed by atoms with E-state index >= 15 is 0 Å². The summed E-state index contributed by atoms with van der Waals surface area (Å²) in [4.78, 5) is 19.2. The van der Waals surface area contributed by atoms with Crippen LogP contribution >= 0.6 is 0 Å². The van der Waals surface area contributed by atoms with E-state index < -0.39 is 9.84 Å². The third kappa shape index (κ3) is 4.05. The van der Waals surface area contributed by atoms with E-state index in [9.17, 15) is 13.2 Å². The number of pyridine rings is 1. The van der Waals surface area contributed by atoms with Crippen molar-refractivity contribution in [2.45, 2.75) is 25.4 Å². The summed E-state index contributed by atoms with van der Waals surface area (Å²) < 4.78 is 23.0. The van der Waals surface area contributed by atoms with Gasteiger partial charge in [0.15, 0.2) is 15.9 Å². The molecule has 0 saturated carbocycles. The predicted octanol–water partition coefficient (Wildman–Crippen LogP) is -2.10. The largest absolute Gasteiger partial charge is 0.347 e. The molecule has 132 valence electrons. The number of sulfone groups is 1. The van der Waals surface area contributed by atoms with E-state index in [1.807, 2.05) is 25.3 Å². The molecule has 2 saturated heterocycles. The summed E-state index contributed by atoms with van der Waals surface area (Å²) in [5.74, 6) is 1.33. The van der Waals surface area contributed by atoms with Crippen LogP contribution in [-0.2, 0) is 14.6 Å². The summed E-state index contributed by atoms with van der Waals surface area (Å²) in [6, 6.07) is 5.65. The van der Waals surface area contributed by atoms with Crippen molar-refractivity contribution in [2.75, 3.05) is 42.6 Å². The fraction of sp³-hybridized carbons (Fsp3) is 0.625. The van der Waals surface area contributed by atoms with Crippen molar-refractivity contribution in [1.29, 1.82) is 0 Å². The molecule has 2 aliphatic heterocycles. The van der Waals surface area contributed by atoms with Crippen LogP contribution in [0.1, 0.15) is 13.3 Å². The minimum atomic E-state index is -2.96. The normalized spacial score (nSPS) is 25.4. The molecule has 3 heterocycles. The molecule has 24 heavy (non-hydrogen) atoms. The highest BCUT2D eigenvalue weighted by atomic mass is 32.2. The van der Waals surface area contributed by atoms with Crippen LogP contribution in [0.4, 0.5) is 5.82 Å². The zero-order valence-electron chi connectivity index (χ0n) is 14.0. The van der Waals surface area contributed by atoms with E-state index in [0.29, 0.717) is 6.42 Å². The Bertz CT molecular complexity index is 672. The van der Waals surface area contributed by atoms with Gasteiger partial charge >= 0.3 is 0 Å². The minimum Gasteiger partial charge on any atom is -0.347 e. The quantitative estimate of drug-likeness (QED) is 0.649. The molecule has 0 bridgehead atoms. The van der Waals surface area contributed by atoms with E-state index in [-0.39, 0.29) is 29.5 Å². The standard InChI is InChI=1S/C16H24N4O3S/c1-13(16(21)18-14-5-11-24(22,23)12-14)19-7-9-20(10-8-19)15-4-2-3-6-17-15/h2-4,6,13-14H,5,7-12H2,1H3,(H,18,21)/p+2/t13-,14-/m1/s1. The van der Waals surface area contributed by atoms with Crippen LogP contribution in [0.25, 0.3) is 0 Å². The first-order valence-corrected chi connectivity index (χ1v) is 10.3. The maximum Gasteiger partial charge on any atom is 0.278 e. The van der Waals surface area contributed by atoms with Crippen molar-refractivity contribution < 1.29 is 23.1 Å². The molecule has 0 radical (unpaired) electrons. The van der Waals surface area contributed by atoms with Crippen LogP contribution in [0.5, 0.6) is 0 Å². The van der Waals surface area contributed by atoms with Gasteiger partial charge in [-0.25, -0.2) is 13.4 Å². The Morgan fingerprint density at radius 1 is 1.38 bits per heavy atom. The third-order valence-electron chi connectivity index (χ3n) is 5.02. The third-order valence-corrected chi connectivity index (χ3v) is 6.79. The predicted molar refractivity (Wildman–Crippen MR) is 90.6 cm³/mol. The number of carbonyl (C=O) groups is 1. The lowest BCUT2D eigenvalue weighted by Crippen LogP contribution is -3.19. The van der Waals surface area contributed by atoms with Gasteiger partial charge in [0, 0.05) is 12.1 Å². The highest BCUT2D eigenvalue weighted by Gasteiger charge is 2.35. The zero-order chi connectivity index (χ0) is 17.2. The molecule has 3 N–H and O–H groups in total. The average molecular weight is 354 g/mol. The lowest BCUT2D eigenvalue weighted by Gasteiger charge is -2.32. The maximum atomic E-state index is 12.4. The number of aromatic nitrogens is 1. The van der Waals surface area contributed by atoms with Crippen LogP contribution in [0.15, 0.2) is 24.4 Å². The molecule has 3 rings (SSSR count). The fourth-order valence-corrected chi connectivity index (χ4v) is 5.14. The SMILES string of the molecule is C[C@H](C(=O)N[C@@H]1CCS(=O)(=O)C1)[NH+]1CCN(c2cccc[nH+]2)CC1. The second kappa shape index (κ2) is 7.06. The lowest BCUT2D eigenvalue weighted by molar-refractivity contribution is -0.914. The Hall–Kier alpha value is -1.67. The smallest absolute Gasteiger partial charge is 0.278 e. The first kappa shape index (κ1) is 17.2. The Morgan fingerprint density at radius 3 is 2.71 bits per heavy atom. The summed E-state index contributed by atoms with van der Waals surface area (Å²) in [6.07, 6.45) is 2.45. The van der Waals surface area contributed by atoms with E-state index in [0.717, 1.165) is 32.0 Å². The fourth-order valence-electron chi connectivity index (χ4n) is 3.47. The average Bonchev–Trinajstić information content (AvgIpc) is 2.93. The number of quaternary nitrogens is 1. The Morgan fingerprint density at radius 2 is 2.12 bits per heavy atom. The van der Waals surface area contributed by atoms with E-state index in [2.05, 4.69) is 21.3 Å². The second-order valence-corrected chi connectivity index (χ2v) is 8.95. The first-order chi connectivity index (χ1) is 11.4. The number of amides is 1. The number of rotatable bonds is 4. The van der Waals surface area contributed by atoms with Gasteiger partial charge in [0.25, 0.3) is 11.7 Å². The van der Waals surface area contributed by atoms with Crippen molar-refractivity contribution in [3.63, 3.8) is 0 Å². The number of nitrogens with one attached hydrogen (secondary N) is 3. The number of hydrogen-bond donors (Lipinski definition) is 2. The molecule has 8 heteroatoms. The first-order valence-electron chi connectivity index (χ1n) is 8.52. The number of hydrogen-bond acceptors (Lipinski definition) is 4. The minimum absolute atomic E-state index is 0.0353. The monoisotopic (exact) mass is 354 g/mol. The van der Waals surface area contributed by atoms with Gasteiger partial charge in [0.1, 0.15) is 26.2 Å². The van der Waals surface area contributed by atoms with Gasteiger partial charge in [-0.3, -0.25) is 9.69 Å². The molecule has 0 unspecified atom stereocenters. The Labute approximate surface area is 143 Å². The van der Waals surface area contributed by atoms with Crippen LogP contribution < -0.4 is 20.1 Å². The lowest BCUT2D eigenvalue weighted by atomic mass is 10.2. The summed E-state index contributed by atoms with van der Waals surface area (Å²) in [6.45, 7) is 5.50. The molecule has 2 atom stereocenters. The van der Waals surface area contributed by atoms with Crippen LogP contribution in [-0.4, -0.2) is 64.1 Å². The van der Waals surface area contributed by atoms with Gasteiger partial charge in [-0.1, -0.05) is 6.07 Å². The molecular weight excluding hydrogens is 328 g/mol. The Balaban J connectivity index is 1.50. The number of piperazine rings is 1. The number of nitrogens with zero attached hydrogens (tertiary/aromatic N) is 1. The van der Waals surface area contributed by atoms with Gasteiger partial charge in [0.2, 0.25) is 0 Å². The number of aromatic amines is 1. The molecule has 0 spiro atoms. The maximum absolute atomic E-state index is 12.4. The van der Waals surface area contributed by atoms with Crippen molar-refractivity contribution in [3.8, 4) is 0 Å². The molecule has 1 aromatic rings. The van der Waals surface area contributed by atoms with Crippen molar-refractivity contribution in [2.24, 2.45) is 0 Å². The van der Waals surface area contributed by atoms with Crippen molar-refractivity contribution in [1.82, 2.24) is 5.32 Å². The van der Waals surface area contributed by atoms with Gasteiger partial charge in [0.05, 0.1) is 17.7 Å². The van der Waals surface area contributed by atoms with E-state index in [1.165, 1.54) is 4.90 Å². The highest BCUT2D eigenvalue weighted by Crippen LogP contribution is 2.11. The van der Waals surface area contributed by atoms with Crippen LogP contribution in [0.2, 0.25) is 0 Å². The van der Waals surface area contributed by atoms with E-state index in [1.54, 1.807) is 0 Å². The summed E-state index contributed by atoms with van der Waals surface area (Å²) >= 11 is 0. The van der Waals surface area contributed by atoms with Crippen LogP contribution in [0, 0.1) is 0 Å². The van der Waals surface area contributed by atoms with Crippen molar-refractivity contribution >= 4 is 21.6 Å².